The molecule has 0 aliphatic carbocycles. The number of piperazine rings is 1. The van der Waals surface area contributed by atoms with Crippen molar-refractivity contribution in [3.8, 4) is 5.75 Å². The van der Waals surface area contributed by atoms with Gasteiger partial charge in [0.05, 0.1) is 0 Å². The van der Waals surface area contributed by atoms with Crippen LogP contribution >= 0.6 is 0 Å². The number of nitrogens with zero attached hydrogens (tertiary/aromatic N) is 1. The van der Waals surface area contributed by atoms with E-state index in [-0.39, 0.29) is 23.5 Å². The molecule has 2 N–H and O–H groups in total. The number of nitrogens with one attached hydrogen (secondary N) is 1. The second kappa shape index (κ2) is 6.16. The van der Waals surface area contributed by atoms with Crippen molar-refractivity contribution in [3.63, 3.8) is 0 Å². The number of benzene rings is 1. The van der Waals surface area contributed by atoms with E-state index >= 15 is 0 Å². The van der Waals surface area contributed by atoms with Crippen LogP contribution in [0.4, 0.5) is 0 Å². The van der Waals surface area contributed by atoms with E-state index in [2.05, 4.69) is 5.32 Å². The molecule has 1 fully saturated rings. The molecule has 0 bridgehead atoms. The number of hydrogen-bond donors (Lipinski definition) is 2. The second-order valence-corrected chi connectivity index (χ2v) is 5.68. The summed E-state index contributed by atoms with van der Waals surface area (Å²) in [7, 11) is 0. The zero-order valence-electron chi connectivity index (χ0n) is 12.7. The zero-order chi connectivity index (χ0) is 15.6. The average molecular weight is 290 g/mol. The Balaban J connectivity index is 2.20. The fraction of sp³-hybridized carbons (Fsp3) is 0.500. The van der Waals surface area contributed by atoms with Gasteiger partial charge in [0.15, 0.2) is 0 Å². The summed E-state index contributed by atoms with van der Waals surface area (Å²) in [6.07, 6.45) is 0.831. The van der Waals surface area contributed by atoms with Gasteiger partial charge >= 0.3 is 0 Å². The van der Waals surface area contributed by atoms with E-state index in [9.17, 15) is 14.7 Å². The van der Waals surface area contributed by atoms with E-state index in [4.69, 9.17) is 0 Å². The molecule has 3 unspecified atom stereocenters. The van der Waals surface area contributed by atoms with Gasteiger partial charge in [-0.25, -0.2) is 0 Å². The lowest BCUT2D eigenvalue weighted by Crippen LogP contribution is -2.63. The predicted octanol–water partition coefficient (Wildman–Crippen LogP) is 1.65. The summed E-state index contributed by atoms with van der Waals surface area (Å²) in [4.78, 5) is 26.3. The third kappa shape index (κ3) is 3.17. The van der Waals surface area contributed by atoms with Crippen molar-refractivity contribution in [2.45, 2.75) is 45.8 Å². The SMILES string of the molecule is CCC(C)C1NC(=O)C(C)N(Cc2ccc(O)cc2)C1=O. The van der Waals surface area contributed by atoms with Crippen LogP contribution in [0.2, 0.25) is 0 Å². The van der Waals surface area contributed by atoms with E-state index in [1.54, 1.807) is 36.1 Å². The molecule has 1 heterocycles. The average Bonchev–Trinajstić information content (AvgIpc) is 2.48. The summed E-state index contributed by atoms with van der Waals surface area (Å²) in [5.74, 6) is 0.145. The number of rotatable bonds is 4. The molecule has 1 aromatic rings. The standard InChI is InChI=1S/C16H22N2O3/c1-4-10(2)14-16(21)18(11(3)15(20)17-14)9-12-5-7-13(19)8-6-12/h5-8,10-11,14,19H,4,9H2,1-3H3,(H,17,20). The number of aromatic hydroxyl groups is 1. The Morgan fingerprint density at radius 2 is 1.90 bits per heavy atom. The Bertz CT molecular complexity index is 527. The lowest BCUT2D eigenvalue weighted by atomic mass is 9.94. The molecular weight excluding hydrogens is 268 g/mol. The molecule has 1 saturated heterocycles. The quantitative estimate of drug-likeness (QED) is 0.886. The molecule has 1 aliphatic rings. The molecule has 0 saturated carbocycles. The minimum Gasteiger partial charge on any atom is -0.508 e. The molecule has 1 aliphatic heterocycles. The summed E-state index contributed by atoms with van der Waals surface area (Å²) in [5.41, 5.74) is 0.894. The van der Waals surface area contributed by atoms with Gasteiger partial charge in [-0.05, 0) is 30.5 Å². The maximum atomic E-state index is 12.6. The van der Waals surface area contributed by atoms with Gasteiger partial charge in [-0.15, -0.1) is 0 Å². The minimum absolute atomic E-state index is 0.0375. The highest BCUT2D eigenvalue weighted by Gasteiger charge is 2.39. The van der Waals surface area contributed by atoms with Crippen molar-refractivity contribution in [2.75, 3.05) is 0 Å². The first-order valence-corrected chi connectivity index (χ1v) is 7.32. The molecule has 0 radical (unpaired) electrons. The molecule has 3 atom stereocenters. The van der Waals surface area contributed by atoms with E-state index in [1.807, 2.05) is 13.8 Å². The number of carbonyl (C=O) groups excluding carboxylic acids is 2. The Labute approximate surface area is 125 Å². The molecule has 1 aromatic carbocycles. The van der Waals surface area contributed by atoms with E-state index in [1.165, 1.54) is 0 Å². The summed E-state index contributed by atoms with van der Waals surface area (Å²) in [5, 5.41) is 12.1. The van der Waals surface area contributed by atoms with E-state index in [0.717, 1.165) is 12.0 Å². The molecular formula is C16H22N2O3. The third-order valence-corrected chi connectivity index (χ3v) is 4.20. The maximum absolute atomic E-state index is 12.6. The fourth-order valence-corrected chi connectivity index (χ4v) is 2.48. The first-order valence-electron chi connectivity index (χ1n) is 7.32. The summed E-state index contributed by atoms with van der Waals surface area (Å²) in [6, 6.07) is 5.77. The highest BCUT2D eigenvalue weighted by molar-refractivity contribution is 5.96. The van der Waals surface area contributed by atoms with Crippen LogP contribution in [0.25, 0.3) is 0 Å². The largest absolute Gasteiger partial charge is 0.508 e. The monoisotopic (exact) mass is 290 g/mol. The van der Waals surface area contributed by atoms with Gasteiger partial charge in [-0.3, -0.25) is 9.59 Å². The summed E-state index contributed by atoms with van der Waals surface area (Å²) >= 11 is 0. The normalized spacial score (nSPS) is 23.9. The van der Waals surface area contributed by atoms with Crippen LogP contribution in [0.15, 0.2) is 24.3 Å². The van der Waals surface area contributed by atoms with Crippen LogP contribution < -0.4 is 5.32 Å². The van der Waals surface area contributed by atoms with Crippen molar-refractivity contribution in [1.82, 2.24) is 10.2 Å². The van der Waals surface area contributed by atoms with Crippen molar-refractivity contribution < 1.29 is 14.7 Å². The van der Waals surface area contributed by atoms with Gasteiger partial charge in [0.25, 0.3) is 0 Å². The lowest BCUT2D eigenvalue weighted by molar-refractivity contribution is -0.150. The molecule has 5 nitrogen and oxygen atoms in total. The Morgan fingerprint density at radius 1 is 1.29 bits per heavy atom. The van der Waals surface area contributed by atoms with Crippen LogP contribution in [0, 0.1) is 5.92 Å². The summed E-state index contributed by atoms with van der Waals surface area (Å²) in [6.45, 7) is 6.09. The second-order valence-electron chi connectivity index (χ2n) is 5.68. The number of hydrogen-bond acceptors (Lipinski definition) is 3. The van der Waals surface area contributed by atoms with Gasteiger partial charge in [-0.2, -0.15) is 0 Å². The van der Waals surface area contributed by atoms with Crippen LogP contribution in [-0.2, 0) is 16.1 Å². The number of carbonyl (C=O) groups is 2. The van der Waals surface area contributed by atoms with Gasteiger partial charge in [-0.1, -0.05) is 32.4 Å². The fourth-order valence-electron chi connectivity index (χ4n) is 2.48. The molecule has 2 amide bonds. The minimum atomic E-state index is -0.480. The van der Waals surface area contributed by atoms with Crippen molar-refractivity contribution >= 4 is 11.8 Å². The number of phenolic OH excluding ortho intramolecular Hbond substituents is 1. The van der Waals surface area contributed by atoms with Crippen LogP contribution in [-0.4, -0.2) is 33.9 Å². The topological polar surface area (TPSA) is 69.6 Å². The first kappa shape index (κ1) is 15.4. The zero-order valence-corrected chi connectivity index (χ0v) is 12.7. The van der Waals surface area contributed by atoms with E-state index < -0.39 is 12.1 Å². The van der Waals surface area contributed by atoms with E-state index in [0.29, 0.717) is 6.54 Å². The Morgan fingerprint density at radius 3 is 2.48 bits per heavy atom. The Hall–Kier alpha value is -2.04. The van der Waals surface area contributed by atoms with Gasteiger partial charge in [0.2, 0.25) is 11.8 Å². The van der Waals surface area contributed by atoms with Gasteiger partial charge in [0.1, 0.15) is 17.8 Å². The van der Waals surface area contributed by atoms with Crippen molar-refractivity contribution in [3.05, 3.63) is 29.8 Å². The predicted molar refractivity (Wildman–Crippen MR) is 79.5 cm³/mol. The lowest BCUT2D eigenvalue weighted by Gasteiger charge is -2.39. The van der Waals surface area contributed by atoms with Crippen molar-refractivity contribution in [1.29, 1.82) is 0 Å². The van der Waals surface area contributed by atoms with Crippen LogP contribution in [0.5, 0.6) is 5.75 Å². The highest BCUT2D eigenvalue weighted by atomic mass is 16.3. The van der Waals surface area contributed by atoms with Crippen LogP contribution in [0.1, 0.15) is 32.8 Å². The smallest absolute Gasteiger partial charge is 0.246 e. The molecule has 5 heteroatoms. The third-order valence-electron chi connectivity index (χ3n) is 4.20. The molecule has 21 heavy (non-hydrogen) atoms. The van der Waals surface area contributed by atoms with Gasteiger partial charge in [0, 0.05) is 6.54 Å². The Kier molecular flexibility index (Phi) is 4.50. The summed E-state index contributed by atoms with van der Waals surface area (Å²) < 4.78 is 0. The number of phenols is 1. The molecule has 2 rings (SSSR count). The first-order chi connectivity index (χ1) is 9.93. The van der Waals surface area contributed by atoms with Gasteiger partial charge < -0.3 is 15.3 Å². The van der Waals surface area contributed by atoms with Crippen molar-refractivity contribution in [2.24, 2.45) is 5.92 Å². The molecule has 0 aromatic heterocycles. The highest BCUT2D eigenvalue weighted by Crippen LogP contribution is 2.20. The van der Waals surface area contributed by atoms with Crippen LogP contribution in [0.3, 0.4) is 0 Å². The molecule has 114 valence electrons. The maximum Gasteiger partial charge on any atom is 0.246 e. The molecule has 0 spiro atoms. The number of amides is 2.